The second kappa shape index (κ2) is 20.1. The zero-order chi connectivity index (χ0) is 36.0. The van der Waals surface area contributed by atoms with Crippen molar-refractivity contribution in [1.82, 2.24) is 26.6 Å². The van der Waals surface area contributed by atoms with E-state index in [4.69, 9.17) is 5.73 Å². The normalized spacial score (nSPS) is 15.7. The Morgan fingerprint density at radius 1 is 0.457 bits per heavy atom. The summed E-state index contributed by atoms with van der Waals surface area (Å²) in [5.41, 5.74) is 6.05. The molecule has 8 N–H and O–H groups in total. The number of aliphatic carboxylic acids is 1. The highest BCUT2D eigenvalue weighted by molar-refractivity contribution is 5.96. The standard InChI is InChI=1S/C33H62N6O7/c1-16(2)13-22(34)28(40)35-23(14-17(3)4)29(41)36-24(15-18(5)6)30(42)37-25(19(7)8)31(43)38-26(20(9)10)32(44)39-27(21(11)12)33(45)46/h16-27H,13-15,34H2,1-12H3,(H,35,40)(H,36,41)(H,37,42)(H,38,43)(H,39,44)(H,45,46)/t22-,23-,24-,25-,26-,27-/m0/s1. The molecule has 0 aromatic heterocycles. The van der Waals surface area contributed by atoms with Crippen molar-refractivity contribution in [2.24, 2.45) is 41.2 Å². The van der Waals surface area contributed by atoms with Gasteiger partial charge in [0.05, 0.1) is 6.04 Å². The number of nitrogens with one attached hydrogen (secondary N) is 5. The molecule has 46 heavy (non-hydrogen) atoms. The van der Waals surface area contributed by atoms with Crippen molar-refractivity contribution in [2.75, 3.05) is 0 Å². The summed E-state index contributed by atoms with van der Waals surface area (Å²) in [6.45, 7) is 21.8. The summed E-state index contributed by atoms with van der Waals surface area (Å²) in [4.78, 5) is 78.0. The Hall–Kier alpha value is -3.22. The number of hydrogen-bond acceptors (Lipinski definition) is 7. The molecule has 0 heterocycles. The van der Waals surface area contributed by atoms with E-state index in [0.717, 1.165) is 0 Å². The average Bonchev–Trinajstić information content (AvgIpc) is 2.90. The van der Waals surface area contributed by atoms with Crippen LogP contribution in [-0.2, 0) is 28.8 Å². The zero-order valence-corrected chi connectivity index (χ0v) is 30.0. The van der Waals surface area contributed by atoms with Gasteiger partial charge in [-0.3, -0.25) is 24.0 Å². The molecule has 5 amide bonds. The van der Waals surface area contributed by atoms with Gasteiger partial charge in [-0.1, -0.05) is 83.1 Å². The first-order valence-electron chi connectivity index (χ1n) is 16.6. The quantitative estimate of drug-likeness (QED) is 0.103. The van der Waals surface area contributed by atoms with Crippen LogP contribution in [0.25, 0.3) is 0 Å². The van der Waals surface area contributed by atoms with E-state index in [1.807, 2.05) is 41.5 Å². The van der Waals surface area contributed by atoms with E-state index in [2.05, 4.69) is 26.6 Å². The van der Waals surface area contributed by atoms with Gasteiger partial charge in [0.1, 0.15) is 30.2 Å². The van der Waals surface area contributed by atoms with Crippen LogP contribution in [0.4, 0.5) is 0 Å². The number of hydrogen-bond donors (Lipinski definition) is 7. The summed E-state index contributed by atoms with van der Waals surface area (Å²) in [6.07, 6.45) is 1.05. The largest absolute Gasteiger partial charge is 0.480 e. The first kappa shape index (κ1) is 42.8. The predicted molar refractivity (Wildman–Crippen MR) is 178 cm³/mol. The first-order valence-corrected chi connectivity index (χ1v) is 16.6. The minimum Gasteiger partial charge on any atom is -0.480 e. The highest BCUT2D eigenvalue weighted by Crippen LogP contribution is 2.13. The Balaban J connectivity index is 5.98. The molecule has 0 aliphatic rings. The minimum atomic E-state index is -1.18. The molecule has 0 aliphatic heterocycles. The molecule has 0 bridgehead atoms. The monoisotopic (exact) mass is 654 g/mol. The van der Waals surface area contributed by atoms with Crippen LogP contribution in [0.15, 0.2) is 0 Å². The molecule has 0 aromatic rings. The summed E-state index contributed by atoms with van der Waals surface area (Å²) < 4.78 is 0. The SMILES string of the molecule is CC(C)C[C@H](NC(=O)[C@H](CC(C)C)NC(=O)[C@@H](N)CC(C)C)C(=O)N[C@H](C(=O)N[C@H](C(=O)N[C@H](C(=O)O)C(C)C)C(C)C)C(C)C. The Kier molecular flexibility index (Phi) is 18.7. The molecule has 0 aliphatic carbocycles. The molecule has 0 fully saturated rings. The van der Waals surface area contributed by atoms with Crippen molar-refractivity contribution in [2.45, 2.75) is 139 Å². The highest BCUT2D eigenvalue weighted by Gasteiger charge is 2.35. The van der Waals surface area contributed by atoms with Gasteiger partial charge in [-0.15, -0.1) is 0 Å². The summed E-state index contributed by atoms with van der Waals surface area (Å²) >= 11 is 0. The molecule has 6 atom stereocenters. The predicted octanol–water partition coefficient (Wildman–Crippen LogP) is 1.93. The van der Waals surface area contributed by atoms with E-state index < -0.39 is 77.7 Å². The lowest BCUT2D eigenvalue weighted by atomic mass is 9.97. The van der Waals surface area contributed by atoms with Gasteiger partial charge in [0, 0.05) is 0 Å². The van der Waals surface area contributed by atoms with E-state index in [9.17, 15) is 33.9 Å². The smallest absolute Gasteiger partial charge is 0.326 e. The molecule has 0 spiro atoms. The Morgan fingerprint density at radius 3 is 1.09 bits per heavy atom. The zero-order valence-electron chi connectivity index (χ0n) is 30.0. The van der Waals surface area contributed by atoms with Crippen LogP contribution in [-0.4, -0.2) is 76.9 Å². The molecule has 0 rings (SSSR count). The number of carbonyl (C=O) groups is 6. The minimum absolute atomic E-state index is 0.00265. The molecular weight excluding hydrogens is 592 g/mol. The number of carboxylic acid groups (broad SMARTS) is 1. The fourth-order valence-corrected chi connectivity index (χ4v) is 4.90. The van der Waals surface area contributed by atoms with Crippen molar-refractivity contribution < 1.29 is 33.9 Å². The number of carbonyl (C=O) groups excluding carboxylic acids is 5. The average molecular weight is 655 g/mol. The van der Waals surface area contributed by atoms with Crippen molar-refractivity contribution in [3.63, 3.8) is 0 Å². The number of nitrogens with two attached hydrogens (primary N) is 1. The Labute approximate surface area is 275 Å². The van der Waals surface area contributed by atoms with Crippen molar-refractivity contribution in [3.8, 4) is 0 Å². The summed E-state index contributed by atoms with van der Waals surface area (Å²) in [5, 5.41) is 23.0. The van der Waals surface area contributed by atoms with E-state index in [1.165, 1.54) is 0 Å². The van der Waals surface area contributed by atoms with Gasteiger partial charge in [0.15, 0.2) is 0 Å². The maximum absolute atomic E-state index is 13.6. The molecule has 0 radical (unpaired) electrons. The van der Waals surface area contributed by atoms with E-state index >= 15 is 0 Å². The van der Waals surface area contributed by atoms with Gasteiger partial charge in [-0.25, -0.2) is 4.79 Å². The lowest BCUT2D eigenvalue weighted by molar-refractivity contribution is -0.144. The lowest BCUT2D eigenvalue weighted by Gasteiger charge is -2.30. The van der Waals surface area contributed by atoms with Crippen LogP contribution in [0.3, 0.4) is 0 Å². The van der Waals surface area contributed by atoms with Gasteiger partial charge in [-0.05, 0) is 54.8 Å². The molecule has 0 aromatic carbocycles. The number of rotatable bonds is 20. The van der Waals surface area contributed by atoms with Crippen LogP contribution in [0.1, 0.15) is 102 Å². The third-order valence-corrected chi connectivity index (χ3v) is 7.47. The summed E-state index contributed by atoms with van der Waals surface area (Å²) in [6, 6.07) is -5.96. The van der Waals surface area contributed by atoms with Crippen LogP contribution < -0.4 is 32.3 Å². The number of amides is 5. The van der Waals surface area contributed by atoms with Crippen LogP contribution in [0.5, 0.6) is 0 Å². The van der Waals surface area contributed by atoms with Gasteiger partial charge < -0.3 is 37.4 Å². The first-order chi connectivity index (χ1) is 21.1. The van der Waals surface area contributed by atoms with E-state index in [1.54, 1.807) is 41.5 Å². The van der Waals surface area contributed by atoms with E-state index in [-0.39, 0.29) is 36.0 Å². The highest BCUT2D eigenvalue weighted by atomic mass is 16.4. The van der Waals surface area contributed by atoms with Crippen LogP contribution in [0, 0.1) is 35.5 Å². The van der Waals surface area contributed by atoms with Crippen LogP contribution >= 0.6 is 0 Å². The van der Waals surface area contributed by atoms with E-state index in [0.29, 0.717) is 12.8 Å². The van der Waals surface area contributed by atoms with Gasteiger partial charge in [-0.2, -0.15) is 0 Å². The summed E-state index contributed by atoms with van der Waals surface area (Å²) in [5.74, 6) is -4.92. The molecule has 0 saturated carbocycles. The third-order valence-electron chi connectivity index (χ3n) is 7.47. The fourth-order valence-electron chi connectivity index (χ4n) is 4.90. The maximum Gasteiger partial charge on any atom is 0.326 e. The Bertz CT molecular complexity index is 1030. The maximum atomic E-state index is 13.6. The number of carboxylic acids is 1. The molecule has 266 valence electrons. The second-order valence-corrected chi connectivity index (χ2v) is 14.6. The van der Waals surface area contributed by atoms with Gasteiger partial charge >= 0.3 is 5.97 Å². The van der Waals surface area contributed by atoms with Crippen molar-refractivity contribution >= 4 is 35.5 Å². The summed E-state index contributed by atoms with van der Waals surface area (Å²) in [7, 11) is 0. The molecular formula is C33H62N6O7. The Morgan fingerprint density at radius 2 is 0.761 bits per heavy atom. The van der Waals surface area contributed by atoms with Crippen LogP contribution in [0.2, 0.25) is 0 Å². The second-order valence-electron chi connectivity index (χ2n) is 14.6. The molecule has 13 heteroatoms. The molecule has 0 unspecified atom stereocenters. The fraction of sp³-hybridized carbons (Fsp3) is 0.818. The topological polar surface area (TPSA) is 209 Å². The third kappa shape index (κ3) is 15.4. The molecule has 13 nitrogen and oxygen atoms in total. The van der Waals surface area contributed by atoms with Crippen molar-refractivity contribution in [1.29, 1.82) is 0 Å². The van der Waals surface area contributed by atoms with Gasteiger partial charge in [0.2, 0.25) is 29.5 Å². The van der Waals surface area contributed by atoms with Gasteiger partial charge in [0.25, 0.3) is 0 Å². The van der Waals surface area contributed by atoms with Crippen molar-refractivity contribution in [3.05, 3.63) is 0 Å². The lowest BCUT2D eigenvalue weighted by Crippen LogP contribution is -2.61. The molecule has 0 saturated heterocycles.